The van der Waals surface area contributed by atoms with Gasteiger partial charge in [0.15, 0.2) is 6.10 Å². The lowest BCUT2D eigenvalue weighted by Crippen LogP contribution is -2.41. The molecule has 0 radical (unpaired) electrons. The summed E-state index contributed by atoms with van der Waals surface area (Å²) in [6, 6.07) is 4.70. The van der Waals surface area contributed by atoms with Crippen LogP contribution in [0.15, 0.2) is 50.3 Å². The third kappa shape index (κ3) is 5.39. The molecule has 1 amide bonds. The number of oxime groups is 1. The summed E-state index contributed by atoms with van der Waals surface area (Å²) in [5.74, 6) is -1.61. The van der Waals surface area contributed by atoms with Gasteiger partial charge in [0.25, 0.3) is 12.0 Å². The van der Waals surface area contributed by atoms with Crippen molar-refractivity contribution in [2.45, 2.75) is 44.3 Å². The molecule has 2 aliphatic heterocycles. The van der Waals surface area contributed by atoms with Gasteiger partial charge in [0.1, 0.15) is 23.9 Å². The number of benzene rings is 1. The minimum Gasteiger partial charge on any atom is -0.387 e. The number of carbonyl (C=O) groups is 1. The second-order valence-corrected chi connectivity index (χ2v) is 10.8. The molecule has 1 atom stereocenters. The number of likely N-dealkylation sites (tertiary alicyclic amines) is 1. The lowest BCUT2D eigenvalue weighted by Gasteiger charge is -2.31. The van der Waals surface area contributed by atoms with Crippen LogP contribution in [0.3, 0.4) is 0 Å². The fourth-order valence-corrected chi connectivity index (χ4v) is 6.08. The Labute approximate surface area is 226 Å². The van der Waals surface area contributed by atoms with Gasteiger partial charge >= 0.3 is 0 Å². The van der Waals surface area contributed by atoms with Crippen LogP contribution in [0.25, 0.3) is 0 Å². The first-order valence-corrected chi connectivity index (χ1v) is 13.5. The number of hydrogen-bond acceptors (Lipinski definition) is 6. The van der Waals surface area contributed by atoms with Crippen LogP contribution in [0.2, 0.25) is 0 Å². The summed E-state index contributed by atoms with van der Waals surface area (Å²) in [4.78, 5) is 36.7. The molecule has 0 N–H and O–H groups in total. The number of hydrogen-bond donors (Lipinski definition) is 0. The summed E-state index contributed by atoms with van der Waals surface area (Å²) in [5.41, 5.74) is 0.0493. The minimum atomic E-state index is -2.76. The number of rotatable bonds is 6. The summed E-state index contributed by atoms with van der Waals surface area (Å²) in [6.45, 7) is 0.538. The van der Waals surface area contributed by atoms with Gasteiger partial charge in [0, 0.05) is 42.6 Å². The molecule has 1 fully saturated rings. The number of piperidine rings is 1. The Balaban J connectivity index is 1.19. The summed E-state index contributed by atoms with van der Waals surface area (Å²) in [6.07, 6.45) is -1.14. The number of thiazole rings is 1. The molecule has 0 bridgehead atoms. The molecule has 2 aliphatic rings. The molecule has 2 aromatic heterocycles. The largest absolute Gasteiger partial charge is 0.387 e. The number of amides is 1. The third-order valence-electron chi connectivity index (χ3n) is 6.63. The van der Waals surface area contributed by atoms with Gasteiger partial charge in [-0.1, -0.05) is 11.2 Å². The molecule has 1 unspecified atom stereocenters. The number of halogens is 5. The highest BCUT2D eigenvalue weighted by Gasteiger charge is 2.31. The molecule has 0 saturated carbocycles. The average Bonchev–Trinajstić information content (AvgIpc) is 3.57. The van der Waals surface area contributed by atoms with Crippen LogP contribution >= 0.6 is 27.3 Å². The maximum atomic E-state index is 14.1. The highest BCUT2D eigenvalue weighted by Crippen LogP contribution is 2.35. The summed E-state index contributed by atoms with van der Waals surface area (Å²) in [7, 11) is 0. The van der Waals surface area contributed by atoms with Crippen LogP contribution in [0.5, 0.6) is 0 Å². The minimum absolute atomic E-state index is 0.0241. The lowest BCUT2D eigenvalue weighted by molar-refractivity contribution is -0.133. The van der Waals surface area contributed by atoms with Gasteiger partial charge in [-0.3, -0.25) is 9.59 Å². The first kappa shape index (κ1) is 26.5. The zero-order valence-electron chi connectivity index (χ0n) is 19.8. The number of carbonyl (C=O) groups excluding carboxylic acids is 1. The molecule has 1 aromatic carbocycles. The highest BCUT2D eigenvalue weighted by atomic mass is 79.9. The first-order valence-electron chi connectivity index (χ1n) is 11.8. The predicted molar refractivity (Wildman–Crippen MR) is 135 cm³/mol. The van der Waals surface area contributed by atoms with E-state index in [0.29, 0.717) is 37.3 Å². The smallest absolute Gasteiger partial charge is 0.265 e. The fraction of sp³-hybridized carbons (Fsp3) is 0.360. The topological polar surface area (TPSA) is 76.8 Å². The van der Waals surface area contributed by atoms with Gasteiger partial charge in [-0.05, 0) is 47.0 Å². The van der Waals surface area contributed by atoms with Crippen molar-refractivity contribution in [2.75, 3.05) is 13.1 Å². The normalized spacial score (nSPS) is 18.1. The van der Waals surface area contributed by atoms with Gasteiger partial charge in [-0.25, -0.2) is 22.5 Å². The van der Waals surface area contributed by atoms with Crippen LogP contribution in [0.4, 0.5) is 17.6 Å². The van der Waals surface area contributed by atoms with Crippen LogP contribution in [-0.2, 0) is 16.2 Å². The van der Waals surface area contributed by atoms with E-state index in [9.17, 15) is 27.2 Å². The Morgan fingerprint density at radius 2 is 1.92 bits per heavy atom. The van der Waals surface area contributed by atoms with Crippen LogP contribution in [0.1, 0.15) is 59.5 Å². The Hall–Kier alpha value is -3.06. The molecule has 38 heavy (non-hydrogen) atoms. The molecular weight excluding hydrogens is 592 g/mol. The van der Waals surface area contributed by atoms with Crippen molar-refractivity contribution >= 4 is 38.9 Å². The molecule has 13 heteroatoms. The molecule has 3 aromatic rings. The van der Waals surface area contributed by atoms with Crippen LogP contribution in [0, 0.1) is 11.6 Å². The van der Waals surface area contributed by atoms with E-state index in [1.807, 2.05) is 5.38 Å². The zero-order valence-corrected chi connectivity index (χ0v) is 22.2. The van der Waals surface area contributed by atoms with Crippen molar-refractivity contribution < 1.29 is 27.2 Å². The second-order valence-electron chi connectivity index (χ2n) is 9.05. The SMILES string of the molecule is O=C(Cn1cc(C(F)F)cc(Br)c1=O)N1CCC(c2nc(C3=NOC(c4c(F)cccc4F)C3)cs2)CC1. The Kier molecular flexibility index (Phi) is 7.66. The summed E-state index contributed by atoms with van der Waals surface area (Å²) < 4.78 is 55.4. The lowest BCUT2D eigenvalue weighted by atomic mass is 9.97. The number of pyridine rings is 1. The summed E-state index contributed by atoms with van der Waals surface area (Å²) in [5, 5.41) is 6.70. The number of nitrogens with zero attached hydrogens (tertiary/aromatic N) is 4. The second kappa shape index (κ2) is 11.0. The van der Waals surface area contributed by atoms with Gasteiger partial charge in [0.2, 0.25) is 5.91 Å². The van der Waals surface area contributed by atoms with E-state index in [2.05, 4.69) is 26.1 Å². The van der Waals surface area contributed by atoms with Gasteiger partial charge in [-0.2, -0.15) is 0 Å². The zero-order chi connectivity index (χ0) is 27.0. The van der Waals surface area contributed by atoms with Gasteiger partial charge in [0.05, 0.1) is 20.7 Å². The van der Waals surface area contributed by atoms with E-state index in [1.54, 1.807) is 4.90 Å². The molecule has 4 heterocycles. The van der Waals surface area contributed by atoms with E-state index < -0.39 is 29.7 Å². The van der Waals surface area contributed by atoms with Crippen molar-refractivity contribution in [3.05, 3.63) is 84.1 Å². The standard InChI is InChI=1S/C25H21BrF4N4O3S/c26-15-8-14(23(29)30)10-34(25(15)36)11-21(35)33-6-4-13(5-7-33)24-31-19(12-38-24)18-9-20(37-32-18)22-16(27)2-1-3-17(22)28/h1-3,8,10,12-13,20,23H,4-7,9,11H2. The molecule has 7 nitrogen and oxygen atoms in total. The monoisotopic (exact) mass is 612 g/mol. The molecule has 0 spiro atoms. The van der Waals surface area contributed by atoms with E-state index >= 15 is 0 Å². The maximum Gasteiger partial charge on any atom is 0.265 e. The third-order valence-corrected chi connectivity index (χ3v) is 8.20. The quantitative estimate of drug-likeness (QED) is 0.342. The highest BCUT2D eigenvalue weighted by molar-refractivity contribution is 9.10. The fourth-order valence-electron chi connectivity index (χ4n) is 4.59. The Morgan fingerprint density at radius 3 is 2.61 bits per heavy atom. The van der Waals surface area contributed by atoms with Crippen molar-refractivity contribution in [3.8, 4) is 0 Å². The van der Waals surface area contributed by atoms with E-state index in [0.717, 1.165) is 21.8 Å². The molecular formula is C25H21BrF4N4O3S. The molecule has 200 valence electrons. The van der Waals surface area contributed by atoms with Crippen molar-refractivity contribution in [3.63, 3.8) is 0 Å². The van der Waals surface area contributed by atoms with Crippen molar-refractivity contribution in [1.29, 1.82) is 0 Å². The summed E-state index contributed by atoms with van der Waals surface area (Å²) >= 11 is 4.43. The van der Waals surface area contributed by atoms with E-state index in [4.69, 9.17) is 4.84 Å². The Bertz CT molecular complexity index is 1430. The van der Waals surface area contributed by atoms with Crippen molar-refractivity contribution in [1.82, 2.24) is 14.5 Å². The Morgan fingerprint density at radius 1 is 1.21 bits per heavy atom. The average molecular weight is 613 g/mol. The molecule has 0 aliphatic carbocycles. The molecule has 5 rings (SSSR count). The number of aromatic nitrogens is 2. The van der Waals surface area contributed by atoms with Crippen molar-refractivity contribution in [2.24, 2.45) is 5.16 Å². The van der Waals surface area contributed by atoms with E-state index in [-0.39, 0.29) is 40.4 Å². The van der Waals surface area contributed by atoms with Crippen LogP contribution in [-0.4, -0.2) is 39.2 Å². The van der Waals surface area contributed by atoms with E-state index in [1.165, 1.54) is 29.5 Å². The number of alkyl halides is 2. The van der Waals surface area contributed by atoms with Crippen LogP contribution < -0.4 is 5.56 Å². The molecule has 1 saturated heterocycles. The first-order chi connectivity index (χ1) is 18.2. The van der Waals surface area contributed by atoms with Gasteiger partial charge < -0.3 is 14.3 Å². The van der Waals surface area contributed by atoms with Gasteiger partial charge in [-0.15, -0.1) is 11.3 Å². The predicted octanol–water partition coefficient (Wildman–Crippen LogP) is 5.56. The maximum absolute atomic E-state index is 14.1.